The standard InChI is InChI=1S/C14H18N2O3S/c1-2-3-12-16(11(8-20-12)14(18)19)13(17)9-4-6-10(15)7-5-9/h4-7,11-12H,2-3,8,15H2,1H3,(H,18,19). The first-order valence-electron chi connectivity index (χ1n) is 6.57. The monoisotopic (exact) mass is 294 g/mol. The largest absolute Gasteiger partial charge is 0.480 e. The first-order valence-corrected chi connectivity index (χ1v) is 7.62. The molecule has 3 N–H and O–H groups in total. The lowest BCUT2D eigenvalue weighted by molar-refractivity contribution is -0.141. The number of amides is 1. The first kappa shape index (κ1) is 14.7. The van der Waals surface area contributed by atoms with E-state index in [1.165, 1.54) is 16.7 Å². The van der Waals surface area contributed by atoms with Gasteiger partial charge in [-0.3, -0.25) is 4.79 Å². The van der Waals surface area contributed by atoms with E-state index in [2.05, 4.69) is 0 Å². The number of rotatable bonds is 4. The predicted molar refractivity (Wildman–Crippen MR) is 79.6 cm³/mol. The van der Waals surface area contributed by atoms with Crippen molar-refractivity contribution in [3.05, 3.63) is 29.8 Å². The number of benzene rings is 1. The lowest BCUT2D eigenvalue weighted by atomic mass is 10.1. The molecular weight excluding hydrogens is 276 g/mol. The van der Waals surface area contributed by atoms with Crippen LogP contribution in [0.1, 0.15) is 30.1 Å². The van der Waals surface area contributed by atoms with Crippen molar-refractivity contribution in [2.24, 2.45) is 0 Å². The Morgan fingerprint density at radius 3 is 2.60 bits per heavy atom. The van der Waals surface area contributed by atoms with Crippen molar-refractivity contribution in [3.63, 3.8) is 0 Å². The number of carboxylic acids is 1. The van der Waals surface area contributed by atoms with E-state index >= 15 is 0 Å². The maximum absolute atomic E-state index is 12.6. The molecule has 2 atom stereocenters. The van der Waals surface area contributed by atoms with Gasteiger partial charge in [0, 0.05) is 17.0 Å². The molecule has 0 bridgehead atoms. The topological polar surface area (TPSA) is 83.6 Å². The van der Waals surface area contributed by atoms with Crippen molar-refractivity contribution >= 4 is 29.3 Å². The average Bonchev–Trinajstić information content (AvgIpc) is 2.83. The zero-order valence-electron chi connectivity index (χ0n) is 11.3. The number of carboxylic acid groups (broad SMARTS) is 1. The minimum atomic E-state index is -0.945. The zero-order chi connectivity index (χ0) is 14.7. The van der Waals surface area contributed by atoms with Crippen LogP contribution in [0.25, 0.3) is 0 Å². The molecule has 0 radical (unpaired) electrons. The summed E-state index contributed by atoms with van der Waals surface area (Å²) in [5, 5.41) is 9.22. The SMILES string of the molecule is CCCC1SCC(C(=O)O)N1C(=O)c1ccc(N)cc1. The molecule has 0 aliphatic carbocycles. The fourth-order valence-electron chi connectivity index (χ4n) is 2.27. The number of hydrogen-bond donors (Lipinski definition) is 2. The molecule has 1 amide bonds. The van der Waals surface area contributed by atoms with Gasteiger partial charge in [0.05, 0.1) is 5.37 Å². The minimum absolute atomic E-state index is 0.0637. The smallest absolute Gasteiger partial charge is 0.327 e. The molecule has 6 heteroatoms. The molecular formula is C14H18N2O3S. The lowest BCUT2D eigenvalue weighted by Crippen LogP contribution is -2.45. The molecule has 5 nitrogen and oxygen atoms in total. The normalized spacial score (nSPS) is 21.9. The van der Waals surface area contributed by atoms with E-state index in [-0.39, 0.29) is 11.3 Å². The predicted octanol–water partition coefficient (Wildman–Crippen LogP) is 2.04. The van der Waals surface area contributed by atoms with Gasteiger partial charge in [-0.25, -0.2) is 4.79 Å². The number of aliphatic carboxylic acids is 1. The number of anilines is 1. The van der Waals surface area contributed by atoms with Crippen LogP contribution in [-0.2, 0) is 4.79 Å². The molecule has 1 heterocycles. The van der Waals surface area contributed by atoms with Gasteiger partial charge in [-0.05, 0) is 30.7 Å². The van der Waals surface area contributed by atoms with E-state index in [1.807, 2.05) is 6.92 Å². The van der Waals surface area contributed by atoms with Gasteiger partial charge in [-0.15, -0.1) is 11.8 Å². The Balaban J connectivity index is 2.26. The number of hydrogen-bond acceptors (Lipinski definition) is 4. The minimum Gasteiger partial charge on any atom is -0.480 e. The highest BCUT2D eigenvalue weighted by molar-refractivity contribution is 8.00. The van der Waals surface area contributed by atoms with Gasteiger partial charge in [-0.1, -0.05) is 13.3 Å². The molecule has 1 aromatic carbocycles. The number of nitrogens with zero attached hydrogens (tertiary/aromatic N) is 1. The molecule has 20 heavy (non-hydrogen) atoms. The molecule has 0 saturated carbocycles. The van der Waals surface area contributed by atoms with E-state index in [0.717, 1.165) is 12.8 Å². The Hall–Kier alpha value is -1.69. The highest BCUT2D eigenvalue weighted by Crippen LogP contribution is 2.33. The third kappa shape index (κ3) is 2.90. The van der Waals surface area contributed by atoms with Crippen molar-refractivity contribution < 1.29 is 14.7 Å². The maximum Gasteiger partial charge on any atom is 0.327 e. The third-order valence-corrected chi connectivity index (χ3v) is 4.66. The molecule has 1 aromatic rings. The van der Waals surface area contributed by atoms with Crippen LogP contribution >= 0.6 is 11.8 Å². The molecule has 1 aliphatic rings. The number of carbonyl (C=O) groups is 2. The molecule has 2 unspecified atom stereocenters. The quantitative estimate of drug-likeness (QED) is 0.830. The molecule has 1 saturated heterocycles. The number of nitrogens with two attached hydrogens (primary N) is 1. The van der Waals surface area contributed by atoms with Crippen molar-refractivity contribution in [3.8, 4) is 0 Å². The van der Waals surface area contributed by atoms with Crippen molar-refractivity contribution in [1.82, 2.24) is 4.90 Å². The number of thioether (sulfide) groups is 1. The second kappa shape index (κ2) is 6.17. The summed E-state index contributed by atoms with van der Waals surface area (Å²) in [4.78, 5) is 25.4. The van der Waals surface area contributed by atoms with Crippen molar-refractivity contribution in [1.29, 1.82) is 0 Å². The summed E-state index contributed by atoms with van der Waals surface area (Å²) in [5.74, 6) is -0.735. The second-order valence-corrected chi connectivity index (χ2v) is 5.98. The van der Waals surface area contributed by atoms with E-state index in [4.69, 9.17) is 5.73 Å². The van der Waals surface area contributed by atoms with E-state index < -0.39 is 12.0 Å². The van der Waals surface area contributed by atoms with E-state index in [0.29, 0.717) is 17.0 Å². The highest BCUT2D eigenvalue weighted by Gasteiger charge is 2.41. The average molecular weight is 294 g/mol. The van der Waals surface area contributed by atoms with Crippen molar-refractivity contribution in [2.75, 3.05) is 11.5 Å². The van der Waals surface area contributed by atoms with Gasteiger partial charge in [0.1, 0.15) is 6.04 Å². The van der Waals surface area contributed by atoms with Gasteiger partial charge in [0.2, 0.25) is 0 Å². The summed E-state index contributed by atoms with van der Waals surface area (Å²) in [7, 11) is 0. The van der Waals surface area contributed by atoms with Gasteiger partial charge in [-0.2, -0.15) is 0 Å². The van der Waals surface area contributed by atoms with Crippen LogP contribution in [0.4, 0.5) is 5.69 Å². The fraction of sp³-hybridized carbons (Fsp3) is 0.429. The molecule has 1 aliphatic heterocycles. The summed E-state index contributed by atoms with van der Waals surface area (Å²) in [6.45, 7) is 2.03. The molecule has 108 valence electrons. The van der Waals surface area contributed by atoms with Crippen LogP contribution in [0.2, 0.25) is 0 Å². The highest BCUT2D eigenvalue weighted by atomic mass is 32.2. The molecule has 1 fully saturated rings. The van der Waals surface area contributed by atoms with Gasteiger partial charge < -0.3 is 15.7 Å². The van der Waals surface area contributed by atoms with Crippen LogP contribution < -0.4 is 5.73 Å². The number of nitrogen functional groups attached to an aromatic ring is 1. The van der Waals surface area contributed by atoms with E-state index in [1.54, 1.807) is 24.3 Å². The van der Waals surface area contributed by atoms with Gasteiger partial charge in [0.15, 0.2) is 0 Å². The maximum atomic E-state index is 12.6. The van der Waals surface area contributed by atoms with Crippen molar-refractivity contribution in [2.45, 2.75) is 31.2 Å². The zero-order valence-corrected chi connectivity index (χ0v) is 12.1. The van der Waals surface area contributed by atoms with Crippen LogP contribution in [0.3, 0.4) is 0 Å². The van der Waals surface area contributed by atoms with Gasteiger partial charge >= 0.3 is 5.97 Å². The summed E-state index contributed by atoms with van der Waals surface area (Å²) < 4.78 is 0. The summed E-state index contributed by atoms with van der Waals surface area (Å²) >= 11 is 1.54. The molecule has 0 spiro atoms. The summed E-state index contributed by atoms with van der Waals surface area (Å²) in [6, 6.07) is 5.84. The first-order chi connectivity index (χ1) is 9.54. The van der Waals surface area contributed by atoms with Crippen LogP contribution in [0.15, 0.2) is 24.3 Å². The Morgan fingerprint density at radius 2 is 2.05 bits per heavy atom. The van der Waals surface area contributed by atoms with E-state index in [9.17, 15) is 14.7 Å². The number of carbonyl (C=O) groups excluding carboxylic acids is 1. The Morgan fingerprint density at radius 1 is 1.40 bits per heavy atom. The Kier molecular flexibility index (Phi) is 4.54. The second-order valence-electron chi connectivity index (χ2n) is 4.77. The van der Waals surface area contributed by atoms with Crippen LogP contribution in [-0.4, -0.2) is 39.1 Å². The third-order valence-electron chi connectivity index (χ3n) is 3.31. The fourth-order valence-corrected chi connectivity index (χ4v) is 3.78. The molecule has 0 aromatic heterocycles. The molecule has 2 rings (SSSR count). The summed E-state index contributed by atoms with van der Waals surface area (Å²) in [6.07, 6.45) is 1.71. The van der Waals surface area contributed by atoms with Gasteiger partial charge in [0.25, 0.3) is 5.91 Å². The lowest BCUT2D eigenvalue weighted by Gasteiger charge is -2.27. The summed E-state index contributed by atoms with van der Waals surface area (Å²) in [5.41, 5.74) is 6.67. The Labute approximate surface area is 122 Å². The van der Waals surface area contributed by atoms with Crippen LogP contribution in [0.5, 0.6) is 0 Å². The Bertz CT molecular complexity index is 504. The van der Waals surface area contributed by atoms with Crippen LogP contribution in [0, 0.1) is 0 Å².